The summed E-state index contributed by atoms with van der Waals surface area (Å²) < 4.78 is 55.4. The molecule has 1 heterocycles. The van der Waals surface area contributed by atoms with E-state index in [9.17, 15) is 18.0 Å². The number of anilines is 1. The minimum Gasteiger partial charge on any atom is -0.493 e. The third-order valence-electron chi connectivity index (χ3n) is 4.65. The van der Waals surface area contributed by atoms with Crippen molar-refractivity contribution < 1.29 is 32.2 Å². The number of nitrogens with one attached hydrogen (secondary N) is 1. The van der Waals surface area contributed by atoms with Crippen LogP contribution in [0.2, 0.25) is 0 Å². The summed E-state index contributed by atoms with van der Waals surface area (Å²) in [5.41, 5.74) is 0.324. The first-order valence-electron chi connectivity index (χ1n) is 8.27. The predicted octanol–water partition coefficient (Wildman–Crippen LogP) is 2.81. The maximum absolute atomic E-state index is 13.3. The number of likely N-dealkylation sites (N-methyl/N-ethyl adjacent to an activating group) is 1. The molecule has 2 rings (SSSR count). The maximum Gasteiger partial charge on any atom is 0.405 e. The zero-order valence-electron chi connectivity index (χ0n) is 15.9. The smallest absolute Gasteiger partial charge is 0.405 e. The van der Waals surface area contributed by atoms with Gasteiger partial charge in [-0.15, -0.1) is 0 Å². The molecule has 7 nitrogen and oxygen atoms in total. The van der Waals surface area contributed by atoms with Crippen LogP contribution in [0.1, 0.15) is 6.92 Å². The molecular formula is C17H24F3N3O4. The molecule has 1 N–H and O–H groups in total. The van der Waals surface area contributed by atoms with Gasteiger partial charge >= 0.3 is 12.2 Å². The number of urea groups is 1. The van der Waals surface area contributed by atoms with E-state index in [2.05, 4.69) is 5.32 Å². The predicted molar refractivity (Wildman–Crippen MR) is 93.8 cm³/mol. The van der Waals surface area contributed by atoms with E-state index in [1.807, 2.05) is 0 Å². The molecule has 0 spiro atoms. The van der Waals surface area contributed by atoms with Crippen LogP contribution in [-0.4, -0.2) is 75.6 Å². The number of methoxy groups -OCH3 is 3. The van der Waals surface area contributed by atoms with Gasteiger partial charge < -0.3 is 24.4 Å². The van der Waals surface area contributed by atoms with Crippen LogP contribution in [0.25, 0.3) is 0 Å². The molecule has 2 amide bonds. The standard InChI is InChI=1S/C17H24F3N3O4/c1-10-8-23(9-14(22(10)2)17(18,19)20)16(24)21-11-6-12(25-3)15(27-5)13(7-11)26-4/h6-7,10,14H,8-9H2,1-5H3,(H,21,24). The Morgan fingerprint density at radius 3 is 2.11 bits per heavy atom. The molecule has 0 aliphatic carbocycles. The van der Waals surface area contributed by atoms with Crippen molar-refractivity contribution >= 4 is 11.7 Å². The number of hydrogen-bond donors (Lipinski definition) is 1. The van der Waals surface area contributed by atoms with Crippen molar-refractivity contribution in [2.24, 2.45) is 0 Å². The van der Waals surface area contributed by atoms with Crippen molar-refractivity contribution in [3.63, 3.8) is 0 Å². The Kier molecular flexibility index (Phi) is 6.30. The fourth-order valence-electron chi connectivity index (χ4n) is 3.02. The third-order valence-corrected chi connectivity index (χ3v) is 4.65. The van der Waals surface area contributed by atoms with Crippen LogP contribution in [0, 0.1) is 0 Å². The topological polar surface area (TPSA) is 63.3 Å². The highest BCUT2D eigenvalue weighted by Gasteiger charge is 2.48. The first kappa shape index (κ1) is 20.9. The van der Waals surface area contributed by atoms with Crippen molar-refractivity contribution in [3.8, 4) is 17.2 Å². The van der Waals surface area contributed by atoms with Crippen LogP contribution in [-0.2, 0) is 0 Å². The van der Waals surface area contributed by atoms with E-state index in [1.54, 1.807) is 6.92 Å². The Morgan fingerprint density at radius 1 is 1.11 bits per heavy atom. The lowest BCUT2D eigenvalue weighted by Gasteiger charge is -2.44. The largest absolute Gasteiger partial charge is 0.493 e. The molecule has 2 unspecified atom stereocenters. The number of benzene rings is 1. The van der Waals surface area contributed by atoms with Gasteiger partial charge in [0.05, 0.1) is 27.0 Å². The van der Waals surface area contributed by atoms with Crippen LogP contribution < -0.4 is 19.5 Å². The molecular weight excluding hydrogens is 367 g/mol. The molecule has 1 aliphatic heterocycles. The van der Waals surface area contributed by atoms with Crippen LogP contribution in [0.3, 0.4) is 0 Å². The Hall–Kier alpha value is -2.36. The Bertz CT molecular complexity index is 659. The fraction of sp³-hybridized carbons (Fsp3) is 0.588. The van der Waals surface area contributed by atoms with E-state index in [-0.39, 0.29) is 6.54 Å². The van der Waals surface area contributed by atoms with Gasteiger partial charge in [0.15, 0.2) is 11.5 Å². The SMILES string of the molecule is COc1cc(NC(=O)N2CC(C)N(C)C(C(F)(F)F)C2)cc(OC)c1OC. The first-order chi connectivity index (χ1) is 12.6. The number of carbonyl (C=O) groups is 1. The van der Waals surface area contributed by atoms with E-state index < -0.39 is 30.8 Å². The van der Waals surface area contributed by atoms with Gasteiger partial charge in [0.25, 0.3) is 0 Å². The van der Waals surface area contributed by atoms with Gasteiger partial charge in [-0.1, -0.05) is 0 Å². The average Bonchev–Trinajstić information content (AvgIpc) is 2.61. The van der Waals surface area contributed by atoms with E-state index in [4.69, 9.17) is 14.2 Å². The number of hydrogen-bond acceptors (Lipinski definition) is 5. The summed E-state index contributed by atoms with van der Waals surface area (Å²) in [5, 5.41) is 2.61. The highest BCUT2D eigenvalue weighted by atomic mass is 19.4. The third kappa shape index (κ3) is 4.49. The molecule has 0 bridgehead atoms. The van der Waals surface area contributed by atoms with E-state index in [0.29, 0.717) is 22.9 Å². The van der Waals surface area contributed by atoms with E-state index >= 15 is 0 Å². The van der Waals surface area contributed by atoms with Crippen molar-refractivity contribution in [1.29, 1.82) is 0 Å². The number of alkyl halides is 3. The summed E-state index contributed by atoms with van der Waals surface area (Å²) in [4.78, 5) is 15.0. The minimum absolute atomic E-state index is 0.180. The monoisotopic (exact) mass is 391 g/mol. The number of rotatable bonds is 4. The number of halogens is 3. The lowest BCUT2D eigenvalue weighted by atomic mass is 10.1. The summed E-state index contributed by atoms with van der Waals surface area (Å²) in [6, 6.07) is 0.251. The summed E-state index contributed by atoms with van der Waals surface area (Å²) in [7, 11) is 5.72. The van der Waals surface area contributed by atoms with Crippen molar-refractivity contribution in [2.75, 3.05) is 46.8 Å². The number of amides is 2. The number of carbonyl (C=O) groups excluding carboxylic acids is 1. The lowest BCUT2D eigenvalue weighted by molar-refractivity contribution is -0.196. The molecule has 152 valence electrons. The van der Waals surface area contributed by atoms with Crippen molar-refractivity contribution in [1.82, 2.24) is 9.80 Å². The fourth-order valence-corrected chi connectivity index (χ4v) is 3.02. The quantitative estimate of drug-likeness (QED) is 0.855. The van der Waals surface area contributed by atoms with Gasteiger partial charge in [-0.25, -0.2) is 4.79 Å². The van der Waals surface area contributed by atoms with Crippen LogP contribution in [0.15, 0.2) is 12.1 Å². The Labute approximate surface area is 156 Å². The highest BCUT2D eigenvalue weighted by molar-refractivity contribution is 5.90. The zero-order valence-corrected chi connectivity index (χ0v) is 15.9. The molecule has 1 aromatic carbocycles. The van der Waals surface area contributed by atoms with Crippen LogP contribution in [0.4, 0.5) is 23.7 Å². The average molecular weight is 391 g/mol. The summed E-state index contributed by atoms with van der Waals surface area (Å²) in [6.45, 7) is 1.39. The second-order valence-corrected chi connectivity index (χ2v) is 6.32. The summed E-state index contributed by atoms with van der Waals surface area (Å²) in [5.74, 6) is 1.00. The summed E-state index contributed by atoms with van der Waals surface area (Å²) in [6.07, 6.45) is -4.42. The van der Waals surface area contributed by atoms with Crippen molar-refractivity contribution in [2.45, 2.75) is 25.2 Å². The molecule has 0 saturated carbocycles. The molecule has 0 aromatic heterocycles. The number of piperazine rings is 1. The molecule has 1 fully saturated rings. The second-order valence-electron chi connectivity index (χ2n) is 6.32. The molecule has 2 atom stereocenters. The van der Waals surface area contributed by atoms with Crippen LogP contribution in [0.5, 0.6) is 17.2 Å². The van der Waals surface area contributed by atoms with Gasteiger partial charge in [-0.2, -0.15) is 13.2 Å². The van der Waals surface area contributed by atoms with Gasteiger partial charge in [0, 0.05) is 31.3 Å². The lowest BCUT2D eigenvalue weighted by Crippen LogP contribution is -2.62. The molecule has 1 saturated heterocycles. The normalized spacial score (nSPS) is 21.0. The van der Waals surface area contributed by atoms with Crippen LogP contribution >= 0.6 is 0 Å². The van der Waals surface area contributed by atoms with E-state index in [0.717, 1.165) is 4.90 Å². The molecule has 0 radical (unpaired) electrons. The van der Waals surface area contributed by atoms with Gasteiger partial charge in [0.2, 0.25) is 5.75 Å². The second kappa shape index (κ2) is 8.12. The Morgan fingerprint density at radius 2 is 1.67 bits per heavy atom. The highest BCUT2D eigenvalue weighted by Crippen LogP contribution is 2.40. The van der Waals surface area contributed by atoms with Gasteiger partial charge in [-0.05, 0) is 14.0 Å². The van der Waals surface area contributed by atoms with E-state index in [1.165, 1.54) is 45.4 Å². The molecule has 27 heavy (non-hydrogen) atoms. The number of ether oxygens (including phenoxy) is 3. The molecule has 1 aliphatic rings. The van der Waals surface area contributed by atoms with Crippen molar-refractivity contribution in [3.05, 3.63) is 12.1 Å². The maximum atomic E-state index is 13.3. The zero-order chi connectivity index (χ0) is 20.4. The van der Waals surface area contributed by atoms with Gasteiger partial charge in [-0.3, -0.25) is 4.90 Å². The Balaban J connectivity index is 2.21. The number of nitrogens with zero attached hydrogens (tertiary/aromatic N) is 2. The summed E-state index contributed by atoms with van der Waals surface area (Å²) >= 11 is 0. The minimum atomic E-state index is -4.42. The first-order valence-corrected chi connectivity index (χ1v) is 8.27. The molecule has 1 aromatic rings. The molecule has 10 heteroatoms. The van der Waals surface area contributed by atoms with Gasteiger partial charge in [0.1, 0.15) is 6.04 Å².